The van der Waals surface area contributed by atoms with Crippen LogP contribution < -0.4 is 0 Å². The van der Waals surface area contributed by atoms with E-state index in [1.165, 1.54) is 16.7 Å². The minimum Gasteiger partial charge on any atom is -0.0842 e. The normalized spacial score (nSPS) is 29.8. The van der Waals surface area contributed by atoms with E-state index in [0.717, 1.165) is 11.3 Å². The van der Waals surface area contributed by atoms with Crippen molar-refractivity contribution >= 4 is 17.1 Å². The number of thiocarbonyl (C=S) groups is 1. The first-order valence-corrected chi connectivity index (χ1v) is 4.61. The van der Waals surface area contributed by atoms with Crippen LogP contribution in [0.1, 0.15) is 6.42 Å². The highest BCUT2D eigenvalue weighted by atomic mass is 32.1. The predicted octanol–water partition coefficient (Wildman–Crippen LogP) is 2.74. The third-order valence-corrected chi connectivity index (χ3v) is 3.09. The number of hydrogen-bond donors (Lipinski definition) is 0. The molecule has 0 amide bonds. The number of allylic oxidation sites excluding steroid dienone is 8. The van der Waals surface area contributed by atoms with E-state index < -0.39 is 0 Å². The smallest absolute Gasteiger partial charge is 0.0234 e. The molecule has 3 aliphatic rings. The van der Waals surface area contributed by atoms with Gasteiger partial charge in [0.25, 0.3) is 0 Å². The van der Waals surface area contributed by atoms with Crippen LogP contribution in [0.4, 0.5) is 0 Å². The molecule has 2 bridgehead atoms. The molecule has 1 heteroatoms. The van der Waals surface area contributed by atoms with Gasteiger partial charge in [-0.05, 0) is 29.2 Å². The van der Waals surface area contributed by atoms with Crippen LogP contribution in [-0.4, -0.2) is 4.86 Å². The largest absolute Gasteiger partial charge is 0.0842 e. The Balaban J connectivity index is 2.24. The molecule has 0 nitrogen and oxygen atoms in total. The molecule has 3 aliphatic carbocycles. The Labute approximate surface area is 77.0 Å². The van der Waals surface area contributed by atoms with Gasteiger partial charge in [-0.15, -0.1) is 0 Å². The summed E-state index contributed by atoms with van der Waals surface area (Å²) in [7, 11) is 0. The molecule has 1 fully saturated rings. The minimum absolute atomic E-state index is 0.678. The van der Waals surface area contributed by atoms with Gasteiger partial charge in [-0.25, -0.2) is 0 Å². The summed E-state index contributed by atoms with van der Waals surface area (Å²) in [6.45, 7) is 0. The van der Waals surface area contributed by atoms with Gasteiger partial charge in [0.05, 0.1) is 0 Å². The van der Waals surface area contributed by atoms with Crippen LogP contribution in [0.15, 0.2) is 47.1 Å². The fourth-order valence-corrected chi connectivity index (χ4v) is 2.23. The molecule has 0 heterocycles. The minimum atomic E-state index is 0.678. The van der Waals surface area contributed by atoms with Gasteiger partial charge < -0.3 is 0 Å². The molecule has 0 aromatic heterocycles. The topological polar surface area (TPSA) is 0 Å². The van der Waals surface area contributed by atoms with Gasteiger partial charge in [0, 0.05) is 10.8 Å². The Morgan fingerprint density at radius 1 is 1.17 bits per heavy atom. The number of hydrogen-bond acceptors (Lipinski definition) is 1. The summed E-state index contributed by atoms with van der Waals surface area (Å²) in [6, 6.07) is 0. The van der Waals surface area contributed by atoms with Crippen molar-refractivity contribution in [2.75, 3.05) is 0 Å². The number of rotatable bonds is 0. The maximum absolute atomic E-state index is 5.30. The molecular formula is C11H8S. The van der Waals surface area contributed by atoms with E-state index in [4.69, 9.17) is 12.2 Å². The summed E-state index contributed by atoms with van der Waals surface area (Å²) < 4.78 is 0. The lowest BCUT2D eigenvalue weighted by molar-refractivity contribution is 0.987. The Hall–Kier alpha value is -0.950. The Morgan fingerprint density at radius 3 is 2.92 bits per heavy atom. The van der Waals surface area contributed by atoms with Gasteiger partial charge in [-0.2, -0.15) is 0 Å². The van der Waals surface area contributed by atoms with Gasteiger partial charge in [0.1, 0.15) is 0 Å². The summed E-state index contributed by atoms with van der Waals surface area (Å²) in [4.78, 5) is 1.12. The van der Waals surface area contributed by atoms with Crippen LogP contribution in [0.3, 0.4) is 0 Å². The van der Waals surface area contributed by atoms with Crippen molar-refractivity contribution in [1.29, 1.82) is 0 Å². The highest BCUT2D eigenvalue weighted by molar-refractivity contribution is 7.80. The zero-order chi connectivity index (χ0) is 8.13. The summed E-state index contributed by atoms with van der Waals surface area (Å²) in [5, 5.41) is 0. The summed E-state index contributed by atoms with van der Waals surface area (Å²) in [5.41, 5.74) is 4.26. The Morgan fingerprint density at radius 2 is 2.00 bits per heavy atom. The summed E-state index contributed by atoms with van der Waals surface area (Å²) >= 11 is 5.30. The first-order valence-electron chi connectivity index (χ1n) is 4.20. The number of fused-ring (bicyclic) bond motifs is 2. The van der Waals surface area contributed by atoms with Crippen LogP contribution >= 0.6 is 12.2 Å². The van der Waals surface area contributed by atoms with E-state index in [-0.39, 0.29) is 0 Å². The van der Waals surface area contributed by atoms with Crippen LogP contribution in [0.2, 0.25) is 0 Å². The van der Waals surface area contributed by atoms with Gasteiger partial charge in [0.2, 0.25) is 0 Å². The van der Waals surface area contributed by atoms with Crippen molar-refractivity contribution in [2.45, 2.75) is 6.42 Å². The molecule has 1 saturated carbocycles. The summed E-state index contributed by atoms with van der Waals surface area (Å²) in [5.74, 6) is 0.678. The molecule has 0 radical (unpaired) electrons. The van der Waals surface area contributed by atoms with E-state index in [2.05, 4.69) is 30.4 Å². The van der Waals surface area contributed by atoms with Gasteiger partial charge >= 0.3 is 0 Å². The van der Waals surface area contributed by atoms with Gasteiger partial charge in [0.15, 0.2) is 0 Å². The van der Waals surface area contributed by atoms with E-state index in [9.17, 15) is 0 Å². The zero-order valence-electron chi connectivity index (χ0n) is 6.58. The van der Waals surface area contributed by atoms with Gasteiger partial charge in [-0.1, -0.05) is 36.5 Å². The molecule has 0 aromatic rings. The van der Waals surface area contributed by atoms with Crippen molar-refractivity contribution in [1.82, 2.24) is 0 Å². The second kappa shape index (κ2) is 2.05. The fraction of sp³-hybridized carbons (Fsp3) is 0.182. The molecule has 0 N–H and O–H groups in total. The molecular weight excluding hydrogens is 164 g/mol. The first kappa shape index (κ1) is 6.55. The average molecular weight is 172 g/mol. The quantitative estimate of drug-likeness (QED) is 0.506. The molecule has 0 aliphatic heterocycles. The predicted molar refractivity (Wildman–Crippen MR) is 54.1 cm³/mol. The van der Waals surface area contributed by atoms with Crippen molar-refractivity contribution in [3.8, 4) is 0 Å². The van der Waals surface area contributed by atoms with Crippen molar-refractivity contribution < 1.29 is 0 Å². The second-order valence-corrected chi connectivity index (χ2v) is 3.90. The average Bonchev–Trinajstić information content (AvgIpc) is 2.60. The molecule has 1 atom stereocenters. The van der Waals surface area contributed by atoms with Crippen LogP contribution in [0, 0.1) is 5.92 Å². The van der Waals surface area contributed by atoms with Crippen LogP contribution in [-0.2, 0) is 0 Å². The first-order chi connectivity index (χ1) is 5.86. The molecule has 1 unspecified atom stereocenters. The van der Waals surface area contributed by atoms with Crippen LogP contribution in [0.25, 0.3) is 0 Å². The second-order valence-electron chi connectivity index (χ2n) is 3.41. The lowest BCUT2D eigenvalue weighted by Gasteiger charge is -2.06. The fourth-order valence-electron chi connectivity index (χ4n) is 1.94. The monoisotopic (exact) mass is 172 g/mol. The van der Waals surface area contributed by atoms with E-state index in [0.29, 0.717) is 5.92 Å². The Bertz CT molecular complexity index is 391. The van der Waals surface area contributed by atoms with E-state index in [1.807, 2.05) is 0 Å². The van der Waals surface area contributed by atoms with Gasteiger partial charge in [-0.3, -0.25) is 0 Å². The zero-order valence-corrected chi connectivity index (χ0v) is 7.40. The lowest BCUT2D eigenvalue weighted by Crippen LogP contribution is -2.02. The molecule has 0 spiro atoms. The lowest BCUT2D eigenvalue weighted by atomic mass is 10.0. The van der Waals surface area contributed by atoms with Crippen molar-refractivity contribution in [2.24, 2.45) is 5.92 Å². The van der Waals surface area contributed by atoms with Crippen molar-refractivity contribution in [3.05, 3.63) is 47.1 Å². The van der Waals surface area contributed by atoms with E-state index in [1.54, 1.807) is 0 Å². The van der Waals surface area contributed by atoms with E-state index >= 15 is 0 Å². The molecule has 3 rings (SSSR count). The molecule has 12 heavy (non-hydrogen) atoms. The SMILES string of the molecule is S=C1CC2C3=CC=CC=C1C=C32. The Kier molecular flexibility index (Phi) is 1.12. The van der Waals surface area contributed by atoms with Crippen LogP contribution in [0.5, 0.6) is 0 Å². The highest BCUT2D eigenvalue weighted by Gasteiger charge is 2.40. The maximum Gasteiger partial charge on any atom is 0.0234 e. The van der Waals surface area contributed by atoms with Crippen molar-refractivity contribution in [3.63, 3.8) is 0 Å². The summed E-state index contributed by atoms with van der Waals surface area (Å²) in [6.07, 6.45) is 11.8. The molecule has 0 saturated heterocycles. The molecule has 0 aromatic carbocycles. The molecule has 58 valence electrons. The maximum atomic E-state index is 5.30. The third-order valence-electron chi connectivity index (χ3n) is 2.69. The third kappa shape index (κ3) is 0.745. The highest BCUT2D eigenvalue weighted by Crippen LogP contribution is 2.52. The standard InChI is InChI=1S/C11H8S/c12-11-6-10-8-4-2-1-3-7(11)5-9(8)10/h1-5,10H,6H2.